The Balaban J connectivity index is 1.70. The highest BCUT2D eigenvalue weighted by atomic mass is 32.1. The standard InChI is InChI=1S/C18H23NO3S/c1-3-21-15-8-4-5-9-16(15)22-12-6-11-18(20)19-14(2)17-10-7-13-23-17/h4-5,7-10,13-14H,3,6,11-12H2,1-2H3,(H,19,20). The topological polar surface area (TPSA) is 47.6 Å². The molecular formula is C18H23NO3S. The Bertz CT molecular complexity index is 598. The van der Waals surface area contributed by atoms with Crippen LogP contribution >= 0.6 is 11.3 Å². The molecule has 0 aliphatic rings. The molecule has 1 atom stereocenters. The highest BCUT2D eigenvalue weighted by molar-refractivity contribution is 7.10. The van der Waals surface area contributed by atoms with Gasteiger partial charge in [-0.3, -0.25) is 4.79 Å². The Labute approximate surface area is 141 Å². The van der Waals surface area contributed by atoms with Gasteiger partial charge in [0, 0.05) is 11.3 Å². The lowest BCUT2D eigenvalue weighted by Crippen LogP contribution is -2.26. The molecular weight excluding hydrogens is 310 g/mol. The number of hydrogen-bond donors (Lipinski definition) is 1. The fourth-order valence-electron chi connectivity index (χ4n) is 2.18. The molecule has 2 rings (SSSR count). The maximum atomic E-state index is 11.9. The van der Waals surface area contributed by atoms with Gasteiger partial charge in [-0.15, -0.1) is 11.3 Å². The van der Waals surface area contributed by atoms with Gasteiger partial charge in [0.15, 0.2) is 11.5 Å². The number of para-hydroxylation sites is 2. The van der Waals surface area contributed by atoms with E-state index in [-0.39, 0.29) is 11.9 Å². The van der Waals surface area contributed by atoms with Crippen LogP contribution in [-0.2, 0) is 4.79 Å². The van der Waals surface area contributed by atoms with Crippen molar-refractivity contribution in [1.29, 1.82) is 0 Å². The van der Waals surface area contributed by atoms with Crippen molar-refractivity contribution in [2.24, 2.45) is 0 Å². The molecule has 0 spiro atoms. The Hall–Kier alpha value is -2.01. The van der Waals surface area contributed by atoms with Crippen LogP contribution in [0.25, 0.3) is 0 Å². The fourth-order valence-corrected chi connectivity index (χ4v) is 2.92. The van der Waals surface area contributed by atoms with Crippen LogP contribution in [0.4, 0.5) is 0 Å². The maximum absolute atomic E-state index is 11.9. The maximum Gasteiger partial charge on any atom is 0.220 e. The van der Waals surface area contributed by atoms with Crippen molar-refractivity contribution in [2.45, 2.75) is 32.7 Å². The number of hydrogen-bond acceptors (Lipinski definition) is 4. The van der Waals surface area contributed by atoms with Crippen molar-refractivity contribution < 1.29 is 14.3 Å². The summed E-state index contributed by atoms with van der Waals surface area (Å²) in [5, 5.41) is 5.02. The fraction of sp³-hybridized carbons (Fsp3) is 0.389. The van der Waals surface area contributed by atoms with Crippen molar-refractivity contribution in [3.8, 4) is 11.5 Å². The van der Waals surface area contributed by atoms with Gasteiger partial charge >= 0.3 is 0 Å². The van der Waals surface area contributed by atoms with E-state index in [1.54, 1.807) is 11.3 Å². The molecule has 5 heteroatoms. The van der Waals surface area contributed by atoms with Gasteiger partial charge in [0.05, 0.1) is 19.3 Å². The summed E-state index contributed by atoms with van der Waals surface area (Å²) in [4.78, 5) is 13.1. The van der Waals surface area contributed by atoms with Crippen molar-refractivity contribution in [2.75, 3.05) is 13.2 Å². The summed E-state index contributed by atoms with van der Waals surface area (Å²) < 4.78 is 11.2. The van der Waals surface area contributed by atoms with E-state index in [0.717, 1.165) is 11.5 Å². The Morgan fingerprint density at radius 1 is 1.17 bits per heavy atom. The molecule has 4 nitrogen and oxygen atoms in total. The summed E-state index contributed by atoms with van der Waals surface area (Å²) in [6.07, 6.45) is 1.12. The molecule has 1 amide bonds. The van der Waals surface area contributed by atoms with Crippen LogP contribution in [0, 0.1) is 0 Å². The van der Waals surface area contributed by atoms with E-state index in [1.165, 1.54) is 4.88 Å². The molecule has 23 heavy (non-hydrogen) atoms. The molecule has 0 saturated heterocycles. The number of carbonyl (C=O) groups is 1. The molecule has 0 aliphatic carbocycles. The van der Waals surface area contributed by atoms with E-state index in [1.807, 2.05) is 55.6 Å². The summed E-state index contributed by atoms with van der Waals surface area (Å²) in [7, 11) is 0. The van der Waals surface area contributed by atoms with E-state index in [4.69, 9.17) is 9.47 Å². The molecule has 0 fully saturated rings. The van der Waals surface area contributed by atoms with Crippen LogP contribution in [0.15, 0.2) is 41.8 Å². The number of nitrogens with one attached hydrogen (secondary N) is 1. The Morgan fingerprint density at radius 2 is 1.91 bits per heavy atom. The first kappa shape index (κ1) is 17.3. The van der Waals surface area contributed by atoms with Crippen LogP contribution < -0.4 is 14.8 Å². The van der Waals surface area contributed by atoms with E-state index < -0.39 is 0 Å². The lowest BCUT2D eigenvalue weighted by atomic mass is 10.2. The number of benzene rings is 1. The van der Waals surface area contributed by atoms with Crippen LogP contribution in [0.1, 0.15) is 37.6 Å². The summed E-state index contributed by atoms with van der Waals surface area (Å²) in [6, 6.07) is 11.7. The minimum absolute atomic E-state index is 0.0487. The normalized spacial score (nSPS) is 11.7. The molecule has 1 unspecified atom stereocenters. The molecule has 1 N–H and O–H groups in total. The lowest BCUT2D eigenvalue weighted by Gasteiger charge is -2.13. The second kappa shape index (κ2) is 9.20. The van der Waals surface area contributed by atoms with Gasteiger partial charge in [-0.2, -0.15) is 0 Å². The van der Waals surface area contributed by atoms with E-state index in [0.29, 0.717) is 26.1 Å². The number of rotatable bonds is 9. The molecule has 0 saturated carbocycles. The molecule has 0 bridgehead atoms. The largest absolute Gasteiger partial charge is 0.490 e. The first-order valence-electron chi connectivity index (χ1n) is 7.88. The minimum Gasteiger partial charge on any atom is -0.490 e. The smallest absolute Gasteiger partial charge is 0.220 e. The molecule has 1 heterocycles. The van der Waals surface area contributed by atoms with Gasteiger partial charge in [0.1, 0.15) is 0 Å². The first-order chi connectivity index (χ1) is 11.2. The quantitative estimate of drug-likeness (QED) is 0.700. The number of carbonyl (C=O) groups excluding carboxylic acids is 1. The average molecular weight is 333 g/mol. The third-order valence-electron chi connectivity index (χ3n) is 3.30. The van der Waals surface area contributed by atoms with E-state index >= 15 is 0 Å². The van der Waals surface area contributed by atoms with Gasteiger partial charge in [-0.1, -0.05) is 18.2 Å². The van der Waals surface area contributed by atoms with Crippen LogP contribution in [0.2, 0.25) is 0 Å². The number of amides is 1. The predicted molar refractivity (Wildman–Crippen MR) is 93.2 cm³/mol. The molecule has 1 aromatic heterocycles. The van der Waals surface area contributed by atoms with Crippen molar-refractivity contribution >= 4 is 17.2 Å². The molecule has 0 radical (unpaired) electrons. The Morgan fingerprint density at radius 3 is 2.57 bits per heavy atom. The Kier molecular flexibility index (Phi) is 6.94. The predicted octanol–water partition coefficient (Wildman–Crippen LogP) is 4.18. The molecule has 0 aliphatic heterocycles. The van der Waals surface area contributed by atoms with Crippen LogP contribution in [0.5, 0.6) is 11.5 Å². The van der Waals surface area contributed by atoms with E-state index in [2.05, 4.69) is 5.32 Å². The van der Waals surface area contributed by atoms with Gasteiger partial charge in [-0.25, -0.2) is 0 Å². The summed E-state index contributed by atoms with van der Waals surface area (Å²) in [6.45, 7) is 5.03. The zero-order valence-electron chi connectivity index (χ0n) is 13.6. The summed E-state index contributed by atoms with van der Waals surface area (Å²) >= 11 is 1.65. The van der Waals surface area contributed by atoms with Gasteiger partial charge in [0.25, 0.3) is 0 Å². The second-order valence-corrected chi connectivity index (χ2v) is 6.12. The highest BCUT2D eigenvalue weighted by Crippen LogP contribution is 2.26. The van der Waals surface area contributed by atoms with Crippen LogP contribution in [0.3, 0.4) is 0 Å². The van der Waals surface area contributed by atoms with E-state index in [9.17, 15) is 4.79 Å². The average Bonchev–Trinajstić information content (AvgIpc) is 3.08. The molecule has 2 aromatic rings. The van der Waals surface area contributed by atoms with Gasteiger partial charge in [0.2, 0.25) is 5.91 Å². The van der Waals surface area contributed by atoms with Crippen LogP contribution in [-0.4, -0.2) is 19.1 Å². The van der Waals surface area contributed by atoms with Crippen molar-refractivity contribution in [1.82, 2.24) is 5.32 Å². The van der Waals surface area contributed by atoms with Gasteiger partial charge in [-0.05, 0) is 43.8 Å². The summed E-state index contributed by atoms with van der Waals surface area (Å²) in [5.41, 5.74) is 0. The third-order valence-corrected chi connectivity index (χ3v) is 4.36. The first-order valence-corrected chi connectivity index (χ1v) is 8.76. The van der Waals surface area contributed by atoms with Crippen molar-refractivity contribution in [3.05, 3.63) is 46.7 Å². The zero-order chi connectivity index (χ0) is 16.5. The monoisotopic (exact) mass is 333 g/mol. The molecule has 124 valence electrons. The molecule has 1 aromatic carbocycles. The minimum atomic E-state index is 0.0487. The lowest BCUT2D eigenvalue weighted by molar-refractivity contribution is -0.121. The number of thiophene rings is 1. The summed E-state index contributed by atoms with van der Waals surface area (Å²) in [5.74, 6) is 1.51. The zero-order valence-corrected chi connectivity index (χ0v) is 14.4. The third kappa shape index (κ3) is 5.60. The number of ether oxygens (including phenoxy) is 2. The van der Waals surface area contributed by atoms with Crippen molar-refractivity contribution in [3.63, 3.8) is 0 Å². The van der Waals surface area contributed by atoms with Gasteiger partial charge < -0.3 is 14.8 Å². The second-order valence-electron chi connectivity index (χ2n) is 5.14. The SMILES string of the molecule is CCOc1ccccc1OCCCC(=O)NC(C)c1cccs1. The highest BCUT2D eigenvalue weighted by Gasteiger charge is 2.10.